The number of hydrogen-bond donors (Lipinski definition) is 1. The van der Waals surface area contributed by atoms with Crippen LogP contribution in [0.1, 0.15) is 48.4 Å². The maximum atomic E-state index is 13.5. The molecule has 1 heterocycles. The Kier molecular flexibility index (Phi) is 6.17. The van der Waals surface area contributed by atoms with E-state index in [1.165, 1.54) is 0 Å². The van der Waals surface area contributed by atoms with Gasteiger partial charge in [-0.2, -0.15) is 0 Å². The highest BCUT2D eigenvalue weighted by atomic mass is 16.2. The van der Waals surface area contributed by atoms with E-state index in [0.717, 1.165) is 46.5 Å². The second-order valence-corrected chi connectivity index (χ2v) is 7.96. The molecule has 4 nitrogen and oxygen atoms in total. The van der Waals surface area contributed by atoms with Gasteiger partial charge in [0.15, 0.2) is 0 Å². The fourth-order valence-electron chi connectivity index (χ4n) is 4.34. The van der Waals surface area contributed by atoms with Crippen LogP contribution in [0, 0.1) is 0 Å². The van der Waals surface area contributed by atoms with Crippen molar-refractivity contribution in [1.82, 2.24) is 0 Å². The van der Waals surface area contributed by atoms with Crippen molar-refractivity contribution in [1.29, 1.82) is 0 Å². The smallest absolute Gasteiger partial charge is 0.253 e. The minimum atomic E-state index is -0.459. The van der Waals surface area contributed by atoms with Gasteiger partial charge in [-0.1, -0.05) is 80.6 Å². The molecule has 31 heavy (non-hydrogen) atoms. The van der Waals surface area contributed by atoms with Crippen molar-refractivity contribution in [2.45, 2.75) is 45.4 Å². The third-order valence-electron chi connectivity index (χ3n) is 5.96. The molecule has 1 amide bonds. The molecular formula is C27H28N2O2. The van der Waals surface area contributed by atoms with Crippen molar-refractivity contribution in [3.8, 4) is 0 Å². The number of aryl methyl sites for hydroxylation is 2. The standard InChI is InChI=1S/C27H28N2O2/c1-3-20-13-8-9-16-25(20)28-29-26-21(4-2)14-10-15-23(26)24(27(29)31)18-22(30)17-19-11-6-5-7-12-19/h5-16,24,28H,3-4,17-18H2,1-2H3. The van der Waals surface area contributed by atoms with Gasteiger partial charge in [0, 0.05) is 12.8 Å². The number of para-hydroxylation sites is 2. The number of carbonyl (C=O) groups is 2. The second kappa shape index (κ2) is 9.17. The summed E-state index contributed by atoms with van der Waals surface area (Å²) < 4.78 is 0. The average molecular weight is 413 g/mol. The summed E-state index contributed by atoms with van der Waals surface area (Å²) in [7, 11) is 0. The lowest BCUT2D eigenvalue weighted by Crippen LogP contribution is -2.35. The van der Waals surface area contributed by atoms with Crippen molar-refractivity contribution < 1.29 is 9.59 Å². The molecule has 1 N–H and O–H groups in total. The number of carbonyl (C=O) groups excluding carboxylic acids is 2. The lowest BCUT2D eigenvalue weighted by molar-refractivity contribution is -0.124. The predicted molar refractivity (Wildman–Crippen MR) is 125 cm³/mol. The van der Waals surface area contributed by atoms with Crippen molar-refractivity contribution >= 4 is 23.1 Å². The molecule has 3 aromatic rings. The molecule has 4 heteroatoms. The molecule has 1 aliphatic rings. The number of Topliss-reactive ketones (excluding diaryl/α,β-unsaturated/α-hetero) is 1. The Morgan fingerprint density at radius 3 is 2.29 bits per heavy atom. The van der Waals surface area contributed by atoms with Crippen LogP contribution in [0.2, 0.25) is 0 Å². The minimum absolute atomic E-state index is 0.0665. The SMILES string of the molecule is CCc1ccccc1NN1C(=O)C(CC(=O)Cc2ccccc2)c2cccc(CC)c21. The van der Waals surface area contributed by atoms with Crippen molar-refractivity contribution in [2.75, 3.05) is 10.4 Å². The first-order valence-electron chi connectivity index (χ1n) is 11.0. The molecule has 158 valence electrons. The average Bonchev–Trinajstić information content (AvgIpc) is 3.06. The number of hydrazine groups is 1. The largest absolute Gasteiger partial charge is 0.299 e. The Balaban J connectivity index is 1.64. The summed E-state index contributed by atoms with van der Waals surface area (Å²) >= 11 is 0. The minimum Gasteiger partial charge on any atom is -0.299 e. The van der Waals surface area contributed by atoms with Crippen molar-refractivity contribution in [2.24, 2.45) is 0 Å². The fraction of sp³-hybridized carbons (Fsp3) is 0.259. The summed E-state index contributed by atoms with van der Waals surface area (Å²) in [5, 5.41) is 1.67. The molecule has 0 saturated carbocycles. The van der Waals surface area contributed by atoms with Crippen LogP contribution in [0.3, 0.4) is 0 Å². The van der Waals surface area contributed by atoms with Gasteiger partial charge < -0.3 is 0 Å². The van der Waals surface area contributed by atoms with E-state index in [1.807, 2.05) is 60.7 Å². The Morgan fingerprint density at radius 2 is 1.55 bits per heavy atom. The zero-order valence-corrected chi connectivity index (χ0v) is 18.1. The van der Waals surface area contributed by atoms with Crippen LogP contribution in [0.25, 0.3) is 0 Å². The highest BCUT2D eigenvalue weighted by Crippen LogP contribution is 2.42. The zero-order valence-electron chi connectivity index (χ0n) is 18.1. The maximum absolute atomic E-state index is 13.5. The molecule has 0 radical (unpaired) electrons. The molecular weight excluding hydrogens is 384 g/mol. The molecule has 0 aliphatic carbocycles. The summed E-state index contributed by atoms with van der Waals surface area (Å²) in [5.74, 6) is -0.449. The topological polar surface area (TPSA) is 49.4 Å². The molecule has 0 spiro atoms. The van der Waals surface area contributed by atoms with Crippen LogP contribution in [-0.4, -0.2) is 11.7 Å². The summed E-state index contributed by atoms with van der Waals surface area (Å²) in [6, 6.07) is 23.8. The van der Waals surface area contributed by atoms with Gasteiger partial charge in [-0.25, -0.2) is 5.01 Å². The molecule has 4 rings (SSSR count). The quantitative estimate of drug-likeness (QED) is 0.534. The molecule has 0 saturated heterocycles. The van der Waals surface area contributed by atoms with E-state index in [4.69, 9.17) is 0 Å². The zero-order chi connectivity index (χ0) is 21.8. The first-order valence-corrected chi connectivity index (χ1v) is 11.0. The van der Waals surface area contributed by atoms with E-state index >= 15 is 0 Å². The second-order valence-electron chi connectivity index (χ2n) is 7.96. The van der Waals surface area contributed by atoms with E-state index in [-0.39, 0.29) is 18.1 Å². The van der Waals surface area contributed by atoms with Crippen LogP contribution in [0.15, 0.2) is 72.8 Å². The third-order valence-corrected chi connectivity index (χ3v) is 5.96. The van der Waals surface area contributed by atoms with Gasteiger partial charge in [0.2, 0.25) is 0 Å². The first kappa shape index (κ1) is 20.9. The first-order chi connectivity index (χ1) is 15.1. The molecule has 1 unspecified atom stereocenters. The maximum Gasteiger partial charge on any atom is 0.253 e. The van der Waals surface area contributed by atoms with Crippen molar-refractivity contribution in [3.63, 3.8) is 0 Å². The summed E-state index contributed by atoms with van der Waals surface area (Å²) in [6.07, 6.45) is 2.24. The van der Waals surface area contributed by atoms with Crippen LogP contribution >= 0.6 is 0 Å². The van der Waals surface area contributed by atoms with E-state index < -0.39 is 5.92 Å². The number of amides is 1. The Morgan fingerprint density at radius 1 is 0.871 bits per heavy atom. The number of nitrogens with one attached hydrogen (secondary N) is 1. The van der Waals surface area contributed by atoms with E-state index in [2.05, 4.69) is 31.4 Å². The molecule has 0 bridgehead atoms. The molecule has 1 aliphatic heterocycles. The number of benzene rings is 3. The third kappa shape index (κ3) is 4.24. The fourth-order valence-corrected chi connectivity index (χ4v) is 4.34. The number of anilines is 2. The highest BCUT2D eigenvalue weighted by molar-refractivity contribution is 6.09. The molecule has 1 atom stereocenters. The number of hydrogen-bond acceptors (Lipinski definition) is 3. The van der Waals surface area contributed by atoms with Gasteiger partial charge in [0.25, 0.3) is 5.91 Å². The lowest BCUT2D eigenvalue weighted by atomic mass is 9.91. The predicted octanol–water partition coefficient (Wildman–Crippen LogP) is 5.47. The number of ketones is 1. The van der Waals surface area contributed by atoms with Crippen molar-refractivity contribution in [3.05, 3.63) is 95.1 Å². The van der Waals surface area contributed by atoms with Gasteiger partial charge in [-0.3, -0.25) is 15.0 Å². The van der Waals surface area contributed by atoms with Gasteiger partial charge in [0.1, 0.15) is 5.78 Å². The van der Waals surface area contributed by atoms with Gasteiger partial charge in [-0.05, 0) is 41.2 Å². The summed E-state index contributed by atoms with van der Waals surface area (Å²) in [5.41, 5.74) is 9.36. The summed E-state index contributed by atoms with van der Waals surface area (Å²) in [6.45, 7) is 4.19. The van der Waals surface area contributed by atoms with Gasteiger partial charge >= 0.3 is 0 Å². The molecule has 3 aromatic carbocycles. The van der Waals surface area contributed by atoms with Crippen LogP contribution in [-0.2, 0) is 28.9 Å². The highest BCUT2D eigenvalue weighted by Gasteiger charge is 2.40. The number of fused-ring (bicyclic) bond motifs is 1. The number of rotatable bonds is 8. The van der Waals surface area contributed by atoms with Crippen LogP contribution in [0.5, 0.6) is 0 Å². The Bertz CT molecular complexity index is 1090. The molecule has 0 fully saturated rings. The van der Waals surface area contributed by atoms with Crippen LogP contribution in [0.4, 0.5) is 11.4 Å². The van der Waals surface area contributed by atoms with Gasteiger partial charge in [0.05, 0.1) is 17.3 Å². The Labute approximate surface area is 183 Å². The number of nitrogens with zero attached hydrogens (tertiary/aromatic N) is 1. The Hall–Kier alpha value is -3.40. The van der Waals surface area contributed by atoms with E-state index in [1.54, 1.807) is 5.01 Å². The normalized spacial score (nSPS) is 15.1. The summed E-state index contributed by atoms with van der Waals surface area (Å²) in [4.78, 5) is 26.4. The lowest BCUT2D eigenvalue weighted by Gasteiger charge is -2.23. The van der Waals surface area contributed by atoms with E-state index in [0.29, 0.717) is 6.42 Å². The van der Waals surface area contributed by atoms with E-state index in [9.17, 15) is 9.59 Å². The monoisotopic (exact) mass is 412 g/mol. The van der Waals surface area contributed by atoms with Gasteiger partial charge in [-0.15, -0.1) is 0 Å². The van der Waals surface area contributed by atoms with Crippen LogP contribution < -0.4 is 10.4 Å². The molecule has 0 aromatic heterocycles.